The second kappa shape index (κ2) is 9.28. The van der Waals surface area contributed by atoms with Crippen LogP contribution in [0.15, 0.2) is 12.1 Å². The van der Waals surface area contributed by atoms with Crippen molar-refractivity contribution < 1.29 is 28.4 Å². The Kier molecular flexibility index (Phi) is 7.64. The third-order valence-corrected chi connectivity index (χ3v) is 6.43. The monoisotopic (exact) mass is 439 g/mol. The van der Waals surface area contributed by atoms with Gasteiger partial charge in [-0.1, -0.05) is 6.07 Å². The first-order valence-corrected chi connectivity index (χ1v) is 11.1. The molecule has 0 spiro atoms. The van der Waals surface area contributed by atoms with Crippen molar-refractivity contribution in [2.45, 2.75) is 90.6 Å². The van der Waals surface area contributed by atoms with Gasteiger partial charge in [0.1, 0.15) is 11.6 Å². The highest BCUT2D eigenvalue weighted by Crippen LogP contribution is 2.37. The Morgan fingerprint density at radius 3 is 2.30 bits per heavy atom. The Labute approximate surface area is 183 Å². The lowest BCUT2D eigenvalue weighted by Gasteiger charge is -2.32. The Hall–Kier alpha value is -1.58. The SMILES string of the molecule is COC(=O)[C@H](CCCc1ccc(B2OC(C)(C)C(C)(C)O2)s1)NC(=O)OC(C)(C)C. The number of hydrogen-bond donors (Lipinski definition) is 1. The predicted molar refractivity (Wildman–Crippen MR) is 118 cm³/mol. The minimum Gasteiger partial charge on any atom is -0.467 e. The van der Waals surface area contributed by atoms with Crippen LogP contribution in [0.4, 0.5) is 4.79 Å². The van der Waals surface area contributed by atoms with Gasteiger partial charge in [-0.2, -0.15) is 0 Å². The molecule has 0 aromatic carbocycles. The third kappa shape index (κ3) is 6.46. The molecule has 1 amide bonds. The van der Waals surface area contributed by atoms with Crippen molar-refractivity contribution in [2.75, 3.05) is 7.11 Å². The molecule has 9 heteroatoms. The van der Waals surface area contributed by atoms with Crippen LogP contribution in [0.2, 0.25) is 0 Å². The van der Waals surface area contributed by atoms with Gasteiger partial charge < -0.3 is 24.1 Å². The van der Waals surface area contributed by atoms with Gasteiger partial charge in [0.25, 0.3) is 0 Å². The summed E-state index contributed by atoms with van der Waals surface area (Å²) in [5, 5.41) is 2.61. The first kappa shape index (κ1) is 24.7. The summed E-state index contributed by atoms with van der Waals surface area (Å²) in [6, 6.07) is 3.34. The second-order valence-corrected chi connectivity index (χ2v) is 10.7. The van der Waals surface area contributed by atoms with Crippen molar-refractivity contribution in [3.05, 3.63) is 17.0 Å². The molecular weight excluding hydrogens is 405 g/mol. The maximum absolute atomic E-state index is 12.0. The molecule has 1 atom stereocenters. The fraction of sp³-hybridized carbons (Fsp3) is 0.714. The van der Waals surface area contributed by atoms with E-state index in [-0.39, 0.29) is 18.3 Å². The quantitative estimate of drug-likeness (QED) is 0.518. The van der Waals surface area contributed by atoms with E-state index in [1.54, 1.807) is 32.1 Å². The van der Waals surface area contributed by atoms with Crippen molar-refractivity contribution in [1.82, 2.24) is 5.32 Å². The Balaban J connectivity index is 1.90. The minimum absolute atomic E-state index is 0.370. The highest BCUT2D eigenvalue weighted by molar-refractivity contribution is 7.22. The number of ether oxygens (including phenoxy) is 2. The molecule has 0 aliphatic carbocycles. The Morgan fingerprint density at radius 2 is 1.77 bits per heavy atom. The highest BCUT2D eigenvalue weighted by Gasteiger charge is 2.52. The van der Waals surface area contributed by atoms with Crippen molar-refractivity contribution in [2.24, 2.45) is 0 Å². The van der Waals surface area contributed by atoms with Crippen LogP contribution < -0.4 is 10.1 Å². The van der Waals surface area contributed by atoms with E-state index in [1.165, 1.54) is 12.0 Å². The number of amides is 1. The fourth-order valence-electron chi connectivity index (χ4n) is 2.94. The van der Waals surface area contributed by atoms with Gasteiger partial charge in [0.05, 0.1) is 18.3 Å². The van der Waals surface area contributed by atoms with E-state index >= 15 is 0 Å². The second-order valence-electron chi connectivity index (χ2n) is 9.51. The topological polar surface area (TPSA) is 83.1 Å². The molecule has 1 aliphatic heterocycles. The van der Waals surface area contributed by atoms with Crippen molar-refractivity contribution in [3.63, 3.8) is 0 Å². The largest absolute Gasteiger partial charge is 0.505 e. The summed E-state index contributed by atoms with van der Waals surface area (Å²) in [6.45, 7) is 13.5. The molecule has 1 saturated heterocycles. The lowest BCUT2D eigenvalue weighted by atomic mass is 9.88. The van der Waals surface area contributed by atoms with Gasteiger partial charge in [-0.15, -0.1) is 11.3 Å². The summed E-state index contributed by atoms with van der Waals surface area (Å²) in [5.74, 6) is -0.482. The molecule has 1 aromatic rings. The summed E-state index contributed by atoms with van der Waals surface area (Å²) in [5.41, 5.74) is -1.38. The number of esters is 1. The van der Waals surface area contributed by atoms with Gasteiger partial charge in [0, 0.05) is 9.65 Å². The molecular formula is C21H34BNO6S. The minimum atomic E-state index is -0.743. The lowest BCUT2D eigenvalue weighted by Crippen LogP contribution is -2.44. The van der Waals surface area contributed by atoms with E-state index in [0.29, 0.717) is 12.8 Å². The zero-order valence-corrected chi connectivity index (χ0v) is 20.1. The molecule has 2 heterocycles. The average Bonchev–Trinajstić information content (AvgIpc) is 3.14. The zero-order valence-electron chi connectivity index (χ0n) is 19.3. The first-order valence-electron chi connectivity index (χ1n) is 10.3. The van der Waals surface area contributed by atoms with E-state index < -0.39 is 23.7 Å². The lowest BCUT2D eigenvalue weighted by molar-refractivity contribution is -0.143. The maximum Gasteiger partial charge on any atom is 0.505 e. The van der Waals surface area contributed by atoms with Gasteiger partial charge in [0.15, 0.2) is 0 Å². The van der Waals surface area contributed by atoms with Crippen molar-refractivity contribution in [1.29, 1.82) is 0 Å². The summed E-state index contributed by atoms with van der Waals surface area (Å²) >= 11 is 1.64. The maximum atomic E-state index is 12.0. The molecule has 0 radical (unpaired) electrons. The Bertz CT molecular complexity index is 739. The third-order valence-electron chi connectivity index (χ3n) is 5.26. The molecule has 168 valence electrons. The number of rotatable bonds is 7. The van der Waals surface area contributed by atoms with E-state index in [4.69, 9.17) is 18.8 Å². The molecule has 1 aliphatic rings. The van der Waals surface area contributed by atoms with Gasteiger partial charge in [-0.05, 0) is 73.8 Å². The van der Waals surface area contributed by atoms with Crippen molar-refractivity contribution in [3.8, 4) is 0 Å². The smallest absolute Gasteiger partial charge is 0.467 e. The normalized spacial score (nSPS) is 18.7. The zero-order chi connectivity index (χ0) is 22.7. The van der Waals surface area contributed by atoms with Crippen LogP contribution >= 0.6 is 11.3 Å². The summed E-state index contributed by atoms with van der Waals surface area (Å²) in [7, 11) is 0.938. The van der Waals surface area contributed by atoms with Crippen LogP contribution in [0.1, 0.15) is 66.2 Å². The van der Waals surface area contributed by atoms with Crippen LogP contribution in [0.25, 0.3) is 0 Å². The van der Waals surface area contributed by atoms with Gasteiger partial charge in [-0.25, -0.2) is 9.59 Å². The highest BCUT2D eigenvalue weighted by atomic mass is 32.1. The number of aryl methyl sites for hydroxylation is 1. The number of carbonyl (C=O) groups excluding carboxylic acids is 2. The average molecular weight is 439 g/mol. The van der Waals surface area contributed by atoms with Crippen LogP contribution in [0, 0.1) is 0 Å². The number of alkyl carbamates (subject to hydrolysis) is 1. The number of methoxy groups -OCH3 is 1. The first-order chi connectivity index (χ1) is 13.7. The van der Waals surface area contributed by atoms with Crippen LogP contribution in [-0.4, -0.2) is 49.1 Å². The molecule has 1 fully saturated rings. The van der Waals surface area contributed by atoms with Crippen molar-refractivity contribution >= 4 is 35.3 Å². The van der Waals surface area contributed by atoms with Gasteiger partial charge in [0.2, 0.25) is 0 Å². The standard InChI is InChI=1S/C21H34BNO6S/c1-19(2,3)27-18(25)23-15(17(24)26-8)11-9-10-14-12-13-16(30-14)22-28-20(4,5)21(6,7)29-22/h12-13,15H,9-11H2,1-8H3,(H,23,25)/t15-/m0/s1. The van der Waals surface area contributed by atoms with E-state index in [9.17, 15) is 9.59 Å². The molecule has 7 nitrogen and oxygen atoms in total. The van der Waals surface area contributed by atoms with Crippen LogP contribution in [0.5, 0.6) is 0 Å². The van der Waals surface area contributed by atoms with E-state index in [2.05, 4.69) is 11.4 Å². The van der Waals surface area contributed by atoms with Gasteiger partial charge in [-0.3, -0.25) is 0 Å². The fourth-order valence-corrected chi connectivity index (χ4v) is 3.95. The number of nitrogens with one attached hydrogen (secondary N) is 1. The molecule has 0 bridgehead atoms. The predicted octanol–water partition coefficient (Wildman–Crippen LogP) is 3.44. The molecule has 2 rings (SSSR count). The summed E-state index contributed by atoms with van der Waals surface area (Å²) in [4.78, 5) is 25.2. The Morgan fingerprint density at radius 1 is 1.17 bits per heavy atom. The molecule has 1 N–H and O–H groups in total. The number of hydrogen-bond acceptors (Lipinski definition) is 7. The number of thiophene rings is 1. The van der Waals surface area contributed by atoms with Crippen LogP contribution in [-0.2, 0) is 30.0 Å². The summed E-state index contributed by atoms with van der Waals surface area (Å²) in [6.07, 6.45) is 1.31. The van der Waals surface area contributed by atoms with E-state index in [0.717, 1.165) is 11.2 Å². The van der Waals surface area contributed by atoms with E-state index in [1.807, 2.05) is 33.8 Å². The van der Waals surface area contributed by atoms with Gasteiger partial charge >= 0.3 is 19.2 Å². The van der Waals surface area contributed by atoms with Crippen LogP contribution in [0.3, 0.4) is 0 Å². The summed E-state index contributed by atoms with van der Waals surface area (Å²) < 4.78 is 23.3. The number of carbonyl (C=O) groups is 2. The molecule has 30 heavy (non-hydrogen) atoms. The molecule has 0 unspecified atom stereocenters. The molecule has 0 saturated carbocycles. The molecule has 1 aromatic heterocycles.